The monoisotopic (exact) mass is 294 g/mol. The fourth-order valence-electron chi connectivity index (χ4n) is 2.32. The molecule has 8 nitrogen and oxygen atoms in total. The number of rotatable bonds is 7. The number of nitrogen functional groups attached to an aromatic ring is 1. The van der Waals surface area contributed by atoms with Crippen molar-refractivity contribution in [2.24, 2.45) is 0 Å². The molecule has 0 aliphatic heterocycles. The van der Waals surface area contributed by atoms with Crippen LogP contribution in [0.2, 0.25) is 0 Å². The van der Waals surface area contributed by atoms with E-state index in [4.69, 9.17) is 10.8 Å². The molecule has 0 radical (unpaired) electrons. The minimum atomic E-state index is -0.601. The van der Waals surface area contributed by atoms with Crippen LogP contribution in [0.15, 0.2) is 12.7 Å². The second kappa shape index (κ2) is 6.79. The van der Waals surface area contributed by atoms with Gasteiger partial charge in [-0.2, -0.15) is 0 Å². The van der Waals surface area contributed by atoms with E-state index in [2.05, 4.69) is 15.0 Å². The SMILES string of the molecule is CC(C)N(CCO)C[C@@H](O)Cn1cnc2ncnc(N)c21. The number of hydrogen-bond acceptors (Lipinski definition) is 7. The number of aromatic nitrogens is 4. The van der Waals surface area contributed by atoms with E-state index in [0.717, 1.165) is 0 Å². The largest absolute Gasteiger partial charge is 0.395 e. The van der Waals surface area contributed by atoms with Crippen molar-refractivity contribution in [3.8, 4) is 0 Å². The summed E-state index contributed by atoms with van der Waals surface area (Å²) < 4.78 is 1.76. The van der Waals surface area contributed by atoms with Gasteiger partial charge in [0.2, 0.25) is 0 Å². The van der Waals surface area contributed by atoms with E-state index < -0.39 is 6.10 Å². The number of aliphatic hydroxyl groups is 2. The molecule has 2 aromatic rings. The average Bonchev–Trinajstić information content (AvgIpc) is 2.82. The van der Waals surface area contributed by atoms with E-state index in [-0.39, 0.29) is 12.6 Å². The van der Waals surface area contributed by atoms with Crippen LogP contribution in [0.4, 0.5) is 5.82 Å². The van der Waals surface area contributed by atoms with Gasteiger partial charge >= 0.3 is 0 Å². The number of nitrogens with two attached hydrogens (primary N) is 1. The molecule has 1 atom stereocenters. The Morgan fingerprint density at radius 1 is 1.33 bits per heavy atom. The quantitative estimate of drug-likeness (QED) is 0.629. The normalized spacial score (nSPS) is 13.4. The molecule has 116 valence electrons. The topological polar surface area (TPSA) is 113 Å². The predicted molar refractivity (Wildman–Crippen MR) is 79.5 cm³/mol. The second-order valence-corrected chi connectivity index (χ2v) is 5.29. The number of aliphatic hydroxyl groups excluding tert-OH is 2. The van der Waals surface area contributed by atoms with Gasteiger partial charge in [0.05, 0.1) is 25.6 Å². The molecule has 0 saturated heterocycles. The Morgan fingerprint density at radius 2 is 2.10 bits per heavy atom. The molecule has 4 N–H and O–H groups in total. The lowest BCUT2D eigenvalue weighted by Gasteiger charge is -2.28. The van der Waals surface area contributed by atoms with Crippen LogP contribution in [-0.4, -0.2) is 66.5 Å². The third-order valence-electron chi connectivity index (χ3n) is 3.41. The van der Waals surface area contributed by atoms with Gasteiger partial charge in [0.1, 0.15) is 11.8 Å². The maximum atomic E-state index is 10.3. The van der Waals surface area contributed by atoms with Crippen molar-refractivity contribution in [2.45, 2.75) is 32.5 Å². The highest BCUT2D eigenvalue weighted by atomic mass is 16.3. The molecule has 0 saturated carbocycles. The first-order valence-corrected chi connectivity index (χ1v) is 6.97. The van der Waals surface area contributed by atoms with Crippen molar-refractivity contribution in [1.82, 2.24) is 24.4 Å². The van der Waals surface area contributed by atoms with Crippen molar-refractivity contribution >= 4 is 17.0 Å². The van der Waals surface area contributed by atoms with Gasteiger partial charge in [-0.15, -0.1) is 0 Å². The van der Waals surface area contributed by atoms with Crippen LogP contribution in [0, 0.1) is 0 Å². The van der Waals surface area contributed by atoms with Crippen LogP contribution in [0.3, 0.4) is 0 Å². The minimum Gasteiger partial charge on any atom is -0.395 e. The fourth-order valence-corrected chi connectivity index (χ4v) is 2.32. The zero-order chi connectivity index (χ0) is 15.4. The molecule has 0 spiro atoms. The van der Waals surface area contributed by atoms with Gasteiger partial charge in [-0.05, 0) is 13.8 Å². The summed E-state index contributed by atoms with van der Waals surface area (Å²) in [6.07, 6.45) is 2.37. The Bertz CT molecular complexity index is 585. The van der Waals surface area contributed by atoms with Gasteiger partial charge in [-0.3, -0.25) is 4.90 Å². The van der Waals surface area contributed by atoms with Gasteiger partial charge in [0.25, 0.3) is 0 Å². The Hall–Kier alpha value is -1.77. The summed E-state index contributed by atoms with van der Waals surface area (Å²) in [6, 6.07) is 0.250. The highest BCUT2D eigenvalue weighted by Gasteiger charge is 2.16. The molecule has 0 aliphatic carbocycles. The van der Waals surface area contributed by atoms with Crippen LogP contribution < -0.4 is 5.73 Å². The van der Waals surface area contributed by atoms with Crippen LogP contribution >= 0.6 is 0 Å². The lowest BCUT2D eigenvalue weighted by molar-refractivity contribution is 0.0725. The number of imidazole rings is 1. The third kappa shape index (κ3) is 3.66. The summed E-state index contributed by atoms with van der Waals surface area (Å²) in [5, 5.41) is 19.3. The van der Waals surface area contributed by atoms with Gasteiger partial charge in [0.15, 0.2) is 11.5 Å². The Balaban J connectivity index is 2.09. The summed E-state index contributed by atoms with van der Waals surface area (Å²) in [7, 11) is 0. The smallest absolute Gasteiger partial charge is 0.182 e. The molecule has 2 rings (SSSR count). The van der Waals surface area contributed by atoms with Gasteiger partial charge < -0.3 is 20.5 Å². The minimum absolute atomic E-state index is 0.0691. The molecule has 8 heteroatoms. The van der Waals surface area contributed by atoms with Gasteiger partial charge in [-0.25, -0.2) is 15.0 Å². The molecule has 21 heavy (non-hydrogen) atoms. The van der Waals surface area contributed by atoms with Crippen LogP contribution in [0.25, 0.3) is 11.2 Å². The number of fused-ring (bicyclic) bond motifs is 1. The summed E-state index contributed by atoms with van der Waals surface area (Å²) in [4.78, 5) is 14.2. The first-order valence-electron chi connectivity index (χ1n) is 6.97. The lowest BCUT2D eigenvalue weighted by Crippen LogP contribution is -2.40. The van der Waals surface area contributed by atoms with E-state index in [1.807, 2.05) is 18.7 Å². The molecule has 2 heterocycles. The van der Waals surface area contributed by atoms with E-state index in [9.17, 15) is 5.11 Å². The zero-order valence-corrected chi connectivity index (χ0v) is 12.3. The van der Waals surface area contributed by atoms with E-state index in [1.165, 1.54) is 6.33 Å². The van der Waals surface area contributed by atoms with Crippen molar-refractivity contribution in [2.75, 3.05) is 25.4 Å². The number of anilines is 1. The maximum Gasteiger partial charge on any atom is 0.182 e. The molecule has 0 aromatic carbocycles. The molecule has 0 aliphatic rings. The van der Waals surface area contributed by atoms with Crippen molar-refractivity contribution in [1.29, 1.82) is 0 Å². The first kappa shape index (κ1) is 15.6. The maximum absolute atomic E-state index is 10.3. The average molecular weight is 294 g/mol. The number of nitrogens with zero attached hydrogens (tertiary/aromatic N) is 5. The lowest BCUT2D eigenvalue weighted by atomic mass is 10.2. The molecular formula is C13H22N6O2. The highest BCUT2D eigenvalue weighted by Crippen LogP contribution is 2.15. The summed E-state index contributed by atoms with van der Waals surface area (Å²) in [5.74, 6) is 0.348. The van der Waals surface area contributed by atoms with E-state index >= 15 is 0 Å². The van der Waals surface area contributed by atoms with E-state index in [1.54, 1.807) is 10.9 Å². The molecule has 2 aromatic heterocycles. The molecule has 0 amide bonds. The third-order valence-corrected chi connectivity index (χ3v) is 3.41. The van der Waals surface area contributed by atoms with E-state index in [0.29, 0.717) is 36.6 Å². The molecule has 0 fully saturated rings. The number of hydrogen-bond donors (Lipinski definition) is 3. The Morgan fingerprint density at radius 3 is 2.76 bits per heavy atom. The molecular weight excluding hydrogens is 272 g/mol. The van der Waals surface area contributed by atoms with Gasteiger partial charge in [0, 0.05) is 19.1 Å². The summed E-state index contributed by atoms with van der Waals surface area (Å²) in [5.41, 5.74) is 6.99. The standard InChI is InChI=1S/C13H22N6O2/c1-9(2)18(3-4-20)5-10(21)6-19-8-17-13-11(19)12(14)15-7-16-13/h7-10,20-21H,3-6H2,1-2H3,(H2,14,15,16)/t10-/m1/s1. The molecule has 0 bridgehead atoms. The van der Waals surface area contributed by atoms with Crippen LogP contribution in [-0.2, 0) is 6.54 Å². The second-order valence-electron chi connectivity index (χ2n) is 5.29. The van der Waals surface area contributed by atoms with Crippen molar-refractivity contribution in [3.63, 3.8) is 0 Å². The van der Waals surface area contributed by atoms with Gasteiger partial charge in [-0.1, -0.05) is 0 Å². The van der Waals surface area contributed by atoms with Crippen LogP contribution in [0.1, 0.15) is 13.8 Å². The van der Waals surface area contributed by atoms with Crippen LogP contribution in [0.5, 0.6) is 0 Å². The Kier molecular flexibility index (Phi) is 5.05. The highest BCUT2D eigenvalue weighted by molar-refractivity contribution is 5.81. The fraction of sp³-hybridized carbons (Fsp3) is 0.615. The van der Waals surface area contributed by atoms with Crippen molar-refractivity contribution in [3.05, 3.63) is 12.7 Å². The summed E-state index contributed by atoms with van der Waals surface area (Å²) >= 11 is 0. The Labute approximate surface area is 123 Å². The summed E-state index contributed by atoms with van der Waals surface area (Å²) in [6.45, 7) is 5.47. The molecule has 0 unspecified atom stereocenters. The van der Waals surface area contributed by atoms with Crippen molar-refractivity contribution < 1.29 is 10.2 Å². The first-order chi connectivity index (χ1) is 10.0. The predicted octanol–water partition coefficient (Wildman–Crippen LogP) is -0.528. The zero-order valence-electron chi connectivity index (χ0n) is 12.3.